The minimum Gasteiger partial charge on any atom is -0.396 e. The maximum Gasteiger partial charge on any atom is 0.123 e. The van der Waals surface area contributed by atoms with Gasteiger partial charge >= 0.3 is 0 Å². The summed E-state index contributed by atoms with van der Waals surface area (Å²) < 4.78 is 13.1. The molecule has 0 saturated heterocycles. The summed E-state index contributed by atoms with van der Waals surface area (Å²) in [5.41, 5.74) is 0.822. The van der Waals surface area contributed by atoms with Crippen LogP contribution in [-0.2, 0) is 0 Å². The van der Waals surface area contributed by atoms with Gasteiger partial charge in [0.15, 0.2) is 0 Å². The molecule has 2 nitrogen and oxygen atoms in total. The van der Waals surface area contributed by atoms with Crippen molar-refractivity contribution in [2.24, 2.45) is 5.41 Å². The van der Waals surface area contributed by atoms with Crippen LogP contribution in [0.4, 0.5) is 4.39 Å². The Morgan fingerprint density at radius 3 is 2.71 bits per heavy atom. The average molecular weight is 239 g/mol. The predicted molar refractivity (Wildman–Crippen MR) is 68.3 cm³/mol. The molecule has 0 aromatic heterocycles. The van der Waals surface area contributed by atoms with Crippen molar-refractivity contribution in [2.45, 2.75) is 33.2 Å². The Morgan fingerprint density at radius 1 is 1.47 bits per heavy atom. The monoisotopic (exact) mass is 239 g/mol. The predicted octanol–water partition coefficient (Wildman–Crippen LogP) is 2.88. The van der Waals surface area contributed by atoms with Crippen LogP contribution in [0.3, 0.4) is 0 Å². The van der Waals surface area contributed by atoms with Crippen molar-refractivity contribution < 1.29 is 9.50 Å². The Kier molecular flexibility index (Phi) is 5.09. The smallest absolute Gasteiger partial charge is 0.123 e. The number of hydrogen-bond donors (Lipinski definition) is 2. The van der Waals surface area contributed by atoms with Crippen LogP contribution in [0.25, 0.3) is 0 Å². The first kappa shape index (κ1) is 14.1. The summed E-state index contributed by atoms with van der Waals surface area (Å²) >= 11 is 0. The first-order valence-corrected chi connectivity index (χ1v) is 6.10. The van der Waals surface area contributed by atoms with E-state index in [1.165, 1.54) is 6.07 Å². The zero-order chi connectivity index (χ0) is 12.9. The molecular formula is C14H22FNO. The quantitative estimate of drug-likeness (QED) is 0.800. The van der Waals surface area contributed by atoms with Crippen molar-refractivity contribution >= 4 is 0 Å². The zero-order valence-corrected chi connectivity index (χ0v) is 10.8. The number of rotatable bonds is 6. The summed E-state index contributed by atoms with van der Waals surface area (Å²) in [7, 11) is 0. The lowest BCUT2D eigenvalue weighted by molar-refractivity contribution is 0.132. The number of nitrogens with one attached hydrogen (secondary N) is 1. The molecule has 0 aliphatic rings. The highest BCUT2D eigenvalue weighted by Crippen LogP contribution is 2.21. The van der Waals surface area contributed by atoms with Crippen LogP contribution < -0.4 is 5.32 Å². The Bertz CT molecular complexity index is 350. The van der Waals surface area contributed by atoms with Gasteiger partial charge in [0.1, 0.15) is 5.82 Å². The van der Waals surface area contributed by atoms with Crippen molar-refractivity contribution in [3.8, 4) is 0 Å². The Hall–Kier alpha value is -0.930. The summed E-state index contributed by atoms with van der Waals surface area (Å²) in [5.74, 6) is -0.212. The fourth-order valence-electron chi connectivity index (χ4n) is 1.59. The van der Waals surface area contributed by atoms with Gasteiger partial charge in [-0.1, -0.05) is 26.0 Å². The lowest BCUT2D eigenvalue weighted by Gasteiger charge is -2.28. The van der Waals surface area contributed by atoms with Crippen molar-refractivity contribution in [3.05, 3.63) is 35.6 Å². The van der Waals surface area contributed by atoms with E-state index in [1.807, 2.05) is 19.9 Å². The van der Waals surface area contributed by atoms with E-state index in [4.69, 9.17) is 0 Å². The van der Waals surface area contributed by atoms with E-state index < -0.39 is 0 Å². The molecule has 0 spiro atoms. The summed E-state index contributed by atoms with van der Waals surface area (Å²) in [6.07, 6.45) is 0.909. The highest BCUT2D eigenvalue weighted by atomic mass is 19.1. The van der Waals surface area contributed by atoms with E-state index in [0.717, 1.165) is 18.5 Å². The maximum absolute atomic E-state index is 13.1. The molecule has 1 aromatic rings. The molecular weight excluding hydrogens is 217 g/mol. The number of hydrogen-bond acceptors (Lipinski definition) is 2. The molecule has 0 aliphatic carbocycles. The topological polar surface area (TPSA) is 32.3 Å². The van der Waals surface area contributed by atoms with Crippen molar-refractivity contribution in [1.82, 2.24) is 5.32 Å². The maximum atomic E-state index is 13.1. The Balaban J connectivity index is 2.58. The molecule has 0 bridgehead atoms. The average Bonchev–Trinajstić information content (AvgIpc) is 2.35. The van der Waals surface area contributed by atoms with Crippen LogP contribution in [0.1, 0.15) is 38.8 Å². The molecule has 0 aliphatic heterocycles. The standard InChI is InChI=1S/C14H22FNO/c1-4-14(3,10-17)9-16-11(2)12-6-5-7-13(15)8-12/h5-8,11,16-17H,4,9-10H2,1-3H3/t11-,14?/m1/s1. The molecule has 0 heterocycles. The van der Waals surface area contributed by atoms with Crippen LogP contribution >= 0.6 is 0 Å². The lowest BCUT2D eigenvalue weighted by Crippen LogP contribution is -2.35. The van der Waals surface area contributed by atoms with Crippen LogP contribution in [0, 0.1) is 11.2 Å². The first-order valence-electron chi connectivity index (χ1n) is 6.10. The number of aliphatic hydroxyl groups is 1. The molecule has 3 heteroatoms. The van der Waals surface area contributed by atoms with Gasteiger partial charge in [-0.2, -0.15) is 0 Å². The van der Waals surface area contributed by atoms with E-state index in [0.29, 0.717) is 0 Å². The largest absolute Gasteiger partial charge is 0.396 e. The van der Waals surface area contributed by atoms with E-state index >= 15 is 0 Å². The van der Waals surface area contributed by atoms with E-state index in [9.17, 15) is 9.50 Å². The highest BCUT2D eigenvalue weighted by Gasteiger charge is 2.21. The van der Waals surface area contributed by atoms with Gasteiger partial charge in [-0.15, -0.1) is 0 Å². The lowest BCUT2D eigenvalue weighted by atomic mass is 9.88. The van der Waals surface area contributed by atoms with Gasteiger partial charge in [0.05, 0.1) is 0 Å². The normalized spacial score (nSPS) is 16.5. The fraction of sp³-hybridized carbons (Fsp3) is 0.571. The van der Waals surface area contributed by atoms with Gasteiger partial charge in [-0.25, -0.2) is 4.39 Å². The van der Waals surface area contributed by atoms with Crippen molar-refractivity contribution in [1.29, 1.82) is 0 Å². The summed E-state index contributed by atoms with van der Waals surface area (Å²) in [5, 5.41) is 12.7. The minimum atomic E-state index is -0.212. The molecule has 2 atom stereocenters. The molecule has 0 amide bonds. The first-order chi connectivity index (χ1) is 8.00. The van der Waals surface area contributed by atoms with Gasteiger partial charge in [0.2, 0.25) is 0 Å². The van der Waals surface area contributed by atoms with Gasteiger partial charge in [-0.3, -0.25) is 0 Å². The second-order valence-electron chi connectivity index (χ2n) is 4.98. The van der Waals surface area contributed by atoms with Crippen molar-refractivity contribution in [3.63, 3.8) is 0 Å². The molecule has 17 heavy (non-hydrogen) atoms. The van der Waals surface area contributed by atoms with Crippen molar-refractivity contribution in [2.75, 3.05) is 13.2 Å². The highest BCUT2D eigenvalue weighted by molar-refractivity contribution is 5.19. The second kappa shape index (κ2) is 6.12. The molecule has 0 saturated carbocycles. The molecule has 1 rings (SSSR count). The third-order valence-electron chi connectivity index (χ3n) is 3.42. The number of halogens is 1. The molecule has 2 N–H and O–H groups in total. The summed E-state index contributed by atoms with van der Waals surface area (Å²) in [6.45, 7) is 6.98. The number of aliphatic hydroxyl groups excluding tert-OH is 1. The van der Waals surface area contributed by atoms with Gasteiger partial charge < -0.3 is 10.4 Å². The number of benzene rings is 1. The van der Waals surface area contributed by atoms with Gasteiger partial charge in [0.25, 0.3) is 0 Å². The van der Waals surface area contributed by atoms with E-state index in [-0.39, 0.29) is 23.9 Å². The Labute approximate surface area is 103 Å². The Morgan fingerprint density at radius 2 is 2.18 bits per heavy atom. The third kappa shape index (κ3) is 4.10. The SMILES string of the molecule is CCC(C)(CO)CN[C@H](C)c1cccc(F)c1. The van der Waals surface area contributed by atoms with Gasteiger partial charge in [-0.05, 0) is 31.0 Å². The molecule has 96 valence electrons. The fourth-order valence-corrected chi connectivity index (χ4v) is 1.59. The van der Waals surface area contributed by atoms with Crippen LogP contribution in [-0.4, -0.2) is 18.3 Å². The summed E-state index contributed by atoms with van der Waals surface area (Å²) in [6, 6.07) is 6.69. The third-order valence-corrected chi connectivity index (χ3v) is 3.42. The zero-order valence-electron chi connectivity index (χ0n) is 10.8. The van der Waals surface area contributed by atoms with Crippen LogP contribution in [0.5, 0.6) is 0 Å². The molecule has 0 fully saturated rings. The summed E-state index contributed by atoms with van der Waals surface area (Å²) in [4.78, 5) is 0. The van der Waals surface area contributed by atoms with E-state index in [2.05, 4.69) is 12.2 Å². The second-order valence-corrected chi connectivity index (χ2v) is 4.98. The molecule has 0 radical (unpaired) electrons. The molecule has 1 unspecified atom stereocenters. The van der Waals surface area contributed by atoms with Crippen LogP contribution in [0.15, 0.2) is 24.3 Å². The van der Waals surface area contributed by atoms with E-state index in [1.54, 1.807) is 12.1 Å². The van der Waals surface area contributed by atoms with Gasteiger partial charge in [0, 0.05) is 24.6 Å². The minimum absolute atomic E-state index is 0.0862. The van der Waals surface area contributed by atoms with Crippen LogP contribution in [0.2, 0.25) is 0 Å². The molecule has 1 aromatic carbocycles.